The zero-order valence-corrected chi connectivity index (χ0v) is 14.8. The van der Waals surface area contributed by atoms with E-state index in [-0.39, 0.29) is 25.2 Å². The molecule has 0 saturated heterocycles. The van der Waals surface area contributed by atoms with Crippen LogP contribution in [0.5, 0.6) is 23.0 Å². The second-order valence-corrected chi connectivity index (χ2v) is 5.36. The molecule has 2 aromatic rings. The molecular formula is C18H22ClNO4. The lowest BCUT2D eigenvalue weighted by Gasteiger charge is -2.18. The van der Waals surface area contributed by atoms with Crippen LogP contribution in [0.15, 0.2) is 36.4 Å². The highest BCUT2D eigenvalue weighted by molar-refractivity contribution is 5.85. The van der Waals surface area contributed by atoms with Crippen LogP contribution in [0, 0.1) is 0 Å². The van der Waals surface area contributed by atoms with Crippen molar-refractivity contribution in [1.82, 2.24) is 5.32 Å². The van der Waals surface area contributed by atoms with Gasteiger partial charge in [-0.25, -0.2) is 0 Å². The number of hydrogen-bond donors (Lipinski definition) is 1. The quantitative estimate of drug-likeness (QED) is 0.859. The standard InChI is InChI=1S/C18H21NO4.ClH/c1-12(15-8-7-14(20-2)9-17(15)21-3)19-10-13-5-4-6-16-18(13)23-11-22-16;/h4-9,12,19H,10-11H2,1-3H3;1H. The largest absolute Gasteiger partial charge is 0.497 e. The number of benzene rings is 2. The van der Waals surface area contributed by atoms with E-state index in [1.165, 1.54) is 0 Å². The Balaban J connectivity index is 0.00000208. The van der Waals surface area contributed by atoms with Crippen molar-refractivity contribution >= 4 is 12.4 Å². The summed E-state index contributed by atoms with van der Waals surface area (Å²) in [5, 5.41) is 3.50. The first-order valence-corrected chi connectivity index (χ1v) is 7.55. The average molecular weight is 352 g/mol. The van der Waals surface area contributed by atoms with Crippen molar-refractivity contribution in [3.05, 3.63) is 47.5 Å². The summed E-state index contributed by atoms with van der Waals surface area (Å²) < 4.78 is 21.7. The third kappa shape index (κ3) is 3.68. The summed E-state index contributed by atoms with van der Waals surface area (Å²) in [7, 11) is 3.31. The van der Waals surface area contributed by atoms with Crippen LogP contribution < -0.4 is 24.3 Å². The van der Waals surface area contributed by atoms with Crippen molar-refractivity contribution < 1.29 is 18.9 Å². The third-order valence-corrected chi connectivity index (χ3v) is 3.98. The minimum Gasteiger partial charge on any atom is -0.497 e. The molecule has 0 aliphatic carbocycles. The molecule has 1 N–H and O–H groups in total. The summed E-state index contributed by atoms with van der Waals surface area (Å²) in [6.45, 7) is 3.07. The molecule has 1 unspecified atom stereocenters. The highest BCUT2D eigenvalue weighted by Crippen LogP contribution is 2.36. The van der Waals surface area contributed by atoms with Crippen molar-refractivity contribution in [3.8, 4) is 23.0 Å². The zero-order valence-electron chi connectivity index (χ0n) is 14.0. The van der Waals surface area contributed by atoms with Crippen LogP contribution in [0.1, 0.15) is 24.1 Å². The number of halogens is 1. The number of nitrogens with one attached hydrogen (secondary N) is 1. The molecule has 1 aliphatic heterocycles. The molecular weight excluding hydrogens is 330 g/mol. The van der Waals surface area contributed by atoms with Crippen molar-refractivity contribution in [1.29, 1.82) is 0 Å². The van der Waals surface area contributed by atoms with Crippen molar-refractivity contribution in [2.75, 3.05) is 21.0 Å². The molecule has 24 heavy (non-hydrogen) atoms. The van der Waals surface area contributed by atoms with Crippen LogP contribution in [0.4, 0.5) is 0 Å². The molecule has 0 bridgehead atoms. The summed E-state index contributed by atoms with van der Waals surface area (Å²) >= 11 is 0. The Morgan fingerprint density at radius 2 is 1.96 bits per heavy atom. The van der Waals surface area contributed by atoms with E-state index in [0.29, 0.717) is 6.54 Å². The second-order valence-electron chi connectivity index (χ2n) is 5.36. The fourth-order valence-electron chi connectivity index (χ4n) is 2.68. The van der Waals surface area contributed by atoms with Crippen molar-refractivity contribution in [2.24, 2.45) is 0 Å². The lowest BCUT2D eigenvalue weighted by Crippen LogP contribution is -2.19. The van der Waals surface area contributed by atoms with Gasteiger partial charge in [-0.05, 0) is 19.1 Å². The normalized spacial score (nSPS) is 13.1. The van der Waals surface area contributed by atoms with Gasteiger partial charge in [-0.15, -0.1) is 12.4 Å². The molecule has 0 amide bonds. The molecule has 0 saturated carbocycles. The summed E-state index contributed by atoms with van der Waals surface area (Å²) in [6.07, 6.45) is 0. The summed E-state index contributed by atoms with van der Waals surface area (Å²) in [4.78, 5) is 0. The van der Waals surface area contributed by atoms with E-state index in [0.717, 1.165) is 34.1 Å². The number of fused-ring (bicyclic) bond motifs is 1. The molecule has 3 rings (SSSR count). The van der Waals surface area contributed by atoms with Gasteiger partial charge in [-0.2, -0.15) is 0 Å². The number of methoxy groups -OCH3 is 2. The Bertz CT molecular complexity index is 693. The average Bonchev–Trinajstić information content (AvgIpc) is 3.08. The maximum atomic E-state index is 5.54. The number of rotatable bonds is 6. The molecule has 0 spiro atoms. The van der Waals surface area contributed by atoms with E-state index in [2.05, 4.69) is 12.2 Å². The molecule has 6 heteroatoms. The van der Waals surface area contributed by atoms with Crippen LogP contribution in [0.2, 0.25) is 0 Å². The van der Waals surface area contributed by atoms with Gasteiger partial charge in [0, 0.05) is 29.8 Å². The molecule has 1 aliphatic rings. The first-order valence-electron chi connectivity index (χ1n) is 7.55. The second kappa shape index (κ2) is 8.13. The molecule has 5 nitrogen and oxygen atoms in total. The number of hydrogen-bond acceptors (Lipinski definition) is 5. The van der Waals surface area contributed by atoms with E-state index >= 15 is 0 Å². The Morgan fingerprint density at radius 1 is 1.12 bits per heavy atom. The molecule has 2 aromatic carbocycles. The smallest absolute Gasteiger partial charge is 0.231 e. The number of ether oxygens (including phenoxy) is 4. The van der Waals surface area contributed by atoms with E-state index in [1.54, 1.807) is 14.2 Å². The maximum absolute atomic E-state index is 5.54. The SMILES string of the molecule is COc1ccc(C(C)NCc2cccc3c2OCO3)c(OC)c1.Cl. The topological polar surface area (TPSA) is 49.0 Å². The van der Waals surface area contributed by atoms with Gasteiger partial charge < -0.3 is 24.3 Å². The van der Waals surface area contributed by atoms with Gasteiger partial charge in [0.05, 0.1) is 14.2 Å². The molecule has 1 heterocycles. The van der Waals surface area contributed by atoms with E-state index in [4.69, 9.17) is 18.9 Å². The lowest BCUT2D eigenvalue weighted by atomic mass is 10.1. The van der Waals surface area contributed by atoms with Gasteiger partial charge >= 0.3 is 0 Å². The van der Waals surface area contributed by atoms with Crippen molar-refractivity contribution in [3.63, 3.8) is 0 Å². The van der Waals surface area contributed by atoms with Crippen LogP contribution in [0.3, 0.4) is 0 Å². The summed E-state index contributed by atoms with van der Waals surface area (Å²) in [5.74, 6) is 3.22. The number of para-hydroxylation sites is 1. The molecule has 0 fully saturated rings. The molecule has 0 aromatic heterocycles. The van der Waals surface area contributed by atoms with Crippen LogP contribution in [-0.2, 0) is 6.54 Å². The van der Waals surface area contributed by atoms with E-state index in [1.807, 2.05) is 36.4 Å². The third-order valence-electron chi connectivity index (χ3n) is 3.98. The first kappa shape index (κ1) is 18.2. The Morgan fingerprint density at radius 3 is 2.71 bits per heavy atom. The van der Waals surface area contributed by atoms with Crippen LogP contribution >= 0.6 is 12.4 Å². The van der Waals surface area contributed by atoms with Gasteiger partial charge in [-0.1, -0.05) is 18.2 Å². The lowest BCUT2D eigenvalue weighted by molar-refractivity contribution is 0.173. The van der Waals surface area contributed by atoms with Gasteiger partial charge in [0.15, 0.2) is 11.5 Å². The molecule has 0 radical (unpaired) electrons. The minimum absolute atomic E-state index is 0. The van der Waals surface area contributed by atoms with Crippen molar-refractivity contribution in [2.45, 2.75) is 19.5 Å². The van der Waals surface area contributed by atoms with Gasteiger partial charge in [0.25, 0.3) is 0 Å². The Hall–Kier alpha value is -2.11. The fraction of sp³-hybridized carbons (Fsp3) is 0.333. The van der Waals surface area contributed by atoms with Gasteiger partial charge in [-0.3, -0.25) is 0 Å². The predicted octanol–water partition coefficient (Wildman–Crippen LogP) is 3.71. The highest BCUT2D eigenvalue weighted by Gasteiger charge is 2.18. The summed E-state index contributed by atoms with van der Waals surface area (Å²) in [6, 6.07) is 11.9. The van der Waals surface area contributed by atoms with Gasteiger partial charge in [0.2, 0.25) is 6.79 Å². The fourth-order valence-corrected chi connectivity index (χ4v) is 2.68. The Labute approximate surface area is 148 Å². The first-order chi connectivity index (χ1) is 11.2. The summed E-state index contributed by atoms with van der Waals surface area (Å²) in [5.41, 5.74) is 2.16. The predicted molar refractivity (Wildman–Crippen MR) is 94.6 cm³/mol. The van der Waals surface area contributed by atoms with Gasteiger partial charge in [0.1, 0.15) is 11.5 Å². The van der Waals surface area contributed by atoms with Crippen LogP contribution in [-0.4, -0.2) is 21.0 Å². The van der Waals surface area contributed by atoms with E-state index < -0.39 is 0 Å². The van der Waals surface area contributed by atoms with Crippen LogP contribution in [0.25, 0.3) is 0 Å². The minimum atomic E-state index is 0. The molecule has 1 atom stereocenters. The Kier molecular flexibility index (Phi) is 6.17. The monoisotopic (exact) mass is 351 g/mol. The molecule has 130 valence electrons. The maximum Gasteiger partial charge on any atom is 0.231 e. The highest BCUT2D eigenvalue weighted by atomic mass is 35.5. The zero-order chi connectivity index (χ0) is 16.2. The van der Waals surface area contributed by atoms with E-state index in [9.17, 15) is 0 Å².